The van der Waals surface area contributed by atoms with Crippen molar-refractivity contribution in [2.24, 2.45) is 11.7 Å². The quantitative estimate of drug-likeness (QED) is 0.815. The molecule has 6 heteroatoms. The fraction of sp³-hybridized carbons (Fsp3) is 0.368. The highest BCUT2D eigenvalue weighted by Crippen LogP contribution is 2.33. The zero-order valence-corrected chi connectivity index (χ0v) is 14.2. The summed E-state index contributed by atoms with van der Waals surface area (Å²) in [5.74, 6) is 0.0891. The molecule has 1 aliphatic rings. The Balaban J connectivity index is 1.82. The van der Waals surface area contributed by atoms with Crippen LogP contribution in [0.2, 0.25) is 0 Å². The minimum Gasteiger partial charge on any atom is -0.481 e. The van der Waals surface area contributed by atoms with Crippen molar-refractivity contribution in [2.45, 2.75) is 25.3 Å². The molecule has 1 fully saturated rings. The van der Waals surface area contributed by atoms with Crippen LogP contribution < -0.4 is 15.8 Å². The van der Waals surface area contributed by atoms with E-state index in [4.69, 9.17) is 10.5 Å². The lowest BCUT2D eigenvalue weighted by atomic mass is 10.0. The first-order chi connectivity index (χ1) is 12.1. The molecule has 0 spiro atoms. The lowest BCUT2D eigenvalue weighted by Gasteiger charge is -2.15. The van der Waals surface area contributed by atoms with Crippen molar-refractivity contribution in [3.8, 4) is 5.75 Å². The number of fused-ring (bicyclic) bond motifs is 1. The van der Waals surface area contributed by atoms with Crippen molar-refractivity contribution in [1.29, 1.82) is 0 Å². The zero-order chi connectivity index (χ0) is 17.8. The molecule has 0 bridgehead atoms. The van der Waals surface area contributed by atoms with Gasteiger partial charge in [-0.3, -0.25) is 4.79 Å². The topological polar surface area (TPSA) is 90.6 Å². The summed E-state index contributed by atoms with van der Waals surface area (Å²) in [5.41, 5.74) is 6.63. The molecule has 132 valence electrons. The Hall–Kier alpha value is -2.60. The van der Waals surface area contributed by atoms with E-state index in [1.165, 1.54) is 7.11 Å². The van der Waals surface area contributed by atoms with E-state index in [1.807, 2.05) is 24.3 Å². The zero-order valence-electron chi connectivity index (χ0n) is 14.2. The van der Waals surface area contributed by atoms with Crippen molar-refractivity contribution < 1.29 is 19.1 Å². The van der Waals surface area contributed by atoms with Crippen LogP contribution in [0.4, 0.5) is 5.69 Å². The average molecular weight is 342 g/mol. The number of carbonyl (C=O) groups is 2. The molecule has 1 aliphatic carbocycles. The summed E-state index contributed by atoms with van der Waals surface area (Å²) in [6, 6.07) is 11.2. The van der Waals surface area contributed by atoms with E-state index >= 15 is 0 Å². The second-order valence-electron chi connectivity index (χ2n) is 6.28. The Bertz CT molecular complexity index is 790. The van der Waals surface area contributed by atoms with Gasteiger partial charge in [-0.2, -0.15) is 0 Å². The Morgan fingerprint density at radius 1 is 1.16 bits per heavy atom. The summed E-state index contributed by atoms with van der Waals surface area (Å²) < 4.78 is 10.1. The summed E-state index contributed by atoms with van der Waals surface area (Å²) in [6.07, 6.45) is 2.44. The molecule has 6 nitrogen and oxygen atoms in total. The highest BCUT2D eigenvalue weighted by molar-refractivity contribution is 6.04. The average Bonchev–Trinajstić information content (AvgIpc) is 3.07. The number of anilines is 1. The van der Waals surface area contributed by atoms with Crippen molar-refractivity contribution in [1.82, 2.24) is 0 Å². The summed E-state index contributed by atoms with van der Waals surface area (Å²) in [5, 5.41) is 4.70. The molecule has 2 aromatic rings. The molecule has 2 unspecified atom stereocenters. The first kappa shape index (κ1) is 17.2. The first-order valence-corrected chi connectivity index (χ1v) is 8.36. The third-order valence-corrected chi connectivity index (χ3v) is 4.56. The van der Waals surface area contributed by atoms with Crippen LogP contribution >= 0.6 is 0 Å². The van der Waals surface area contributed by atoms with Gasteiger partial charge in [-0.15, -0.1) is 0 Å². The van der Waals surface area contributed by atoms with Gasteiger partial charge in [0.1, 0.15) is 5.75 Å². The van der Waals surface area contributed by atoms with Crippen LogP contribution in [-0.2, 0) is 14.3 Å². The number of rotatable bonds is 5. The van der Waals surface area contributed by atoms with Gasteiger partial charge in [0, 0.05) is 28.4 Å². The fourth-order valence-corrected chi connectivity index (χ4v) is 3.19. The maximum absolute atomic E-state index is 12.5. The van der Waals surface area contributed by atoms with Gasteiger partial charge < -0.3 is 20.5 Å². The number of nitrogens with one attached hydrogen (secondary N) is 1. The van der Waals surface area contributed by atoms with Gasteiger partial charge in [0.05, 0.1) is 7.11 Å². The maximum Gasteiger partial charge on any atom is 0.343 e. The van der Waals surface area contributed by atoms with Crippen LogP contribution in [0.1, 0.15) is 19.3 Å². The molecule has 0 saturated heterocycles. The predicted octanol–water partition coefficient (Wildman–Crippen LogP) is 2.46. The monoisotopic (exact) mass is 342 g/mol. The molecule has 1 saturated carbocycles. The van der Waals surface area contributed by atoms with Gasteiger partial charge in [-0.1, -0.05) is 24.3 Å². The number of benzene rings is 2. The number of ether oxygens (including phenoxy) is 2. The highest BCUT2D eigenvalue weighted by atomic mass is 16.6. The minimum atomic E-state index is -0.445. The molecule has 1 amide bonds. The third kappa shape index (κ3) is 3.91. The molecule has 3 rings (SSSR count). The first-order valence-electron chi connectivity index (χ1n) is 8.36. The van der Waals surface area contributed by atoms with Crippen molar-refractivity contribution >= 4 is 28.3 Å². The SMILES string of the molecule is COC(=O)COc1ccc(NC(=O)C2CCC(N)C2)c2ccccc12. The van der Waals surface area contributed by atoms with Crippen molar-refractivity contribution in [2.75, 3.05) is 19.0 Å². The predicted molar refractivity (Wildman–Crippen MR) is 95.4 cm³/mol. The van der Waals surface area contributed by atoms with Crippen LogP contribution in [0.15, 0.2) is 36.4 Å². The normalized spacial score (nSPS) is 19.6. The van der Waals surface area contributed by atoms with Crippen LogP contribution in [0, 0.1) is 5.92 Å². The molecule has 0 heterocycles. The summed E-state index contributed by atoms with van der Waals surface area (Å²) >= 11 is 0. The molecule has 2 atom stereocenters. The van der Waals surface area contributed by atoms with E-state index in [2.05, 4.69) is 10.1 Å². The van der Waals surface area contributed by atoms with E-state index in [0.717, 1.165) is 35.7 Å². The lowest BCUT2D eigenvalue weighted by Crippen LogP contribution is -2.23. The Morgan fingerprint density at radius 3 is 2.60 bits per heavy atom. The van der Waals surface area contributed by atoms with Gasteiger partial charge in [0.15, 0.2) is 6.61 Å². The van der Waals surface area contributed by atoms with Gasteiger partial charge in [0.2, 0.25) is 5.91 Å². The number of esters is 1. The van der Waals surface area contributed by atoms with Gasteiger partial charge in [-0.05, 0) is 31.4 Å². The van der Waals surface area contributed by atoms with Crippen LogP contribution in [0.5, 0.6) is 5.75 Å². The number of hydrogen-bond donors (Lipinski definition) is 2. The molecular weight excluding hydrogens is 320 g/mol. The van der Waals surface area contributed by atoms with Gasteiger partial charge in [0.25, 0.3) is 0 Å². The molecular formula is C19H22N2O4. The standard InChI is InChI=1S/C19H22N2O4/c1-24-18(22)11-25-17-9-8-16(14-4-2-3-5-15(14)17)21-19(23)12-6-7-13(20)10-12/h2-5,8-9,12-13H,6-7,10-11,20H2,1H3,(H,21,23). The maximum atomic E-state index is 12.5. The van der Waals surface area contributed by atoms with E-state index in [0.29, 0.717) is 5.75 Å². The van der Waals surface area contributed by atoms with E-state index < -0.39 is 5.97 Å². The van der Waals surface area contributed by atoms with E-state index in [1.54, 1.807) is 12.1 Å². The molecule has 25 heavy (non-hydrogen) atoms. The molecule has 2 aromatic carbocycles. The third-order valence-electron chi connectivity index (χ3n) is 4.56. The number of carbonyl (C=O) groups excluding carboxylic acids is 2. The Labute approximate surface area is 146 Å². The Kier molecular flexibility index (Phi) is 5.19. The second kappa shape index (κ2) is 7.53. The molecule has 3 N–H and O–H groups in total. The van der Waals surface area contributed by atoms with Crippen LogP contribution in [-0.4, -0.2) is 31.6 Å². The molecule has 0 aromatic heterocycles. The molecule has 0 radical (unpaired) electrons. The summed E-state index contributed by atoms with van der Waals surface area (Å²) in [4.78, 5) is 23.8. The Morgan fingerprint density at radius 2 is 1.92 bits per heavy atom. The number of methoxy groups -OCH3 is 1. The van der Waals surface area contributed by atoms with Gasteiger partial charge in [-0.25, -0.2) is 4.79 Å². The lowest BCUT2D eigenvalue weighted by molar-refractivity contribution is -0.142. The van der Waals surface area contributed by atoms with Crippen LogP contribution in [0.3, 0.4) is 0 Å². The fourth-order valence-electron chi connectivity index (χ4n) is 3.19. The smallest absolute Gasteiger partial charge is 0.343 e. The van der Waals surface area contributed by atoms with Crippen LogP contribution in [0.25, 0.3) is 10.8 Å². The van der Waals surface area contributed by atoms with Gasteiger partial charge >= 0.3 is 5.97 Å². The van der Waals surface area contributed by atoms with Crippen molar-refractivity contribution in [3.05, 3.63) is 36.4 Å². The van der Waals surface area contributed by atoms with E-state index in [-0.39, 0.29) is 24.5 Å². The summed E-state index contributed by atoms with van der Waals surface area (Å²) in [6.45, 7) is -0.161. The second-order valence-corrected chi connectivity index (χ2v) is 6.28. The number of hydrogen-bond acceptors (Lipinski definition) is 5. The molecule has 0 aliphatic heterocycles. The highest BCUT2D eigenvalue weighted by Gasteiger charge is 2.28. The minimum absolute atomic E-state index is 0.00123. The number of nitrogens with two attached hydrogens (primary N) is 1. The summed E-state index contributed by atoms with van der Waals surface area (Å²) in [7, 11) is 1.32. The number of amides is 1. The van der Waals surface area contributed by atoms with E-state index in [9.17, 15) is 9.59 Å². The van der Waals surface area contributed by atoms with Crippen molar-refractivity contribution in [3.63, 3.8) is 0 Å². The largest absolute Gasteiger partial charge is 0.481 e.